The number of carbonyl (C=O) groups is 1. The summed E-state index contributed by atoms with van der Waals surface area (Å²) in [6.07, 6.45) is 4.22. The number of aliphatic hydroxyl groups is 1. The zero-order valence-electron chi connectivity index (χ0n) is 16.1. The van der Waals surface area contributed by atoms with E-state index in [-0.39, 0.29) is 5.91 Å². The molecule has 150 valence electrons. The Morgan fingerprint density at radius 2 is 2.25 bits per heavy atom. The molecular formula is C19H25N5O4. The van der Waals surface area contributed by atoms with Crippen molar-refractivity contribution in [2.75, 3.05) is 38.3 Å². The van der Waals surface area contributed by atoms with Crippen LogP contribution in [-0.4, -0.2) is 71.3 Å². The van der Waals surface area contributed by atoms with Gasteiger partial charge in [-0.05, 0) is 18.1 Å². The van der Waals surface area contributed by atoms with E-state index in [0.29, 0.717) is 56.5 Å². The van der Waals surface area contributed by atoms with Crippen LogP contribution >= 0.6 is 0 Å². The van der Waals surface area contributed by atoms with Crippen LogP contribution in [0.5, 0.6) is 5.75 Å². The minimum atomic E-state index is -0.615. The van der Waals surface area contributed by atoms with E-state index in [1.54, 1.807) is 16.9 Å². The van der Waals surface area contributed by atoms with Gasteiger partial charge >= 0.3 is 0 Å². The lowest BCUT2D eigenvalue weighted by atomic mass is 10.0. The molecule has 0 spiro atoms. The molecule has 1 amide bonds. The molecule has 9 heteroatoms. The first kappa shape index (κ1) is 18.7. The van der Waals surface area contributed by atoms with Crippen molar-refractivity contribution >= 4 is 11.7 Å². The van der Waals surface area contributed by atoms with Crippen molar-refractivity contribution in [2.24, 2.45) is 7.05 Å². The monoisotopic (exact) mass is 387 g/mol. The van der Waals surface area contributed by atoms with Crippen LogP contribution in [0.25, 0.3) is 0 Å². The van der Waals surface area contributed by atoms with Crippen LogP contribution in [0.15, 0.2) is 18.5 Å². The third-order valence-corrected chi connectivity index (χ3v) is 5.09. The highest BCUT2D eigenvalue weighted by Crippen LogP contribution is 2.34. The van der Waals surface area contributed by atoms with Gasteiger partial charge in [-0.1, -0.05) is 0 Å². The van der Waals surface area contributed by atoms with Crippen molar-refractivity contribution in [3.05, 3.63) is 35.3 Å². The molecule has 2 atom stereocenters. The van der Waals surface area contributed by atoms with E-state index in [1.165, 1.54) is 0 Å². The predicted octanol–water partition coefficient (Wildman–Crippen LogP) is 0.114. The molecule has 0 radical (unpaired) electrons. The number of nitrogens with zero attached hydrogens (tertiary/aromatic N) is 4. The number of aliphatic hydroxyl groups excluding tert-OH is 1. The lowest BCUT2D eigenvalue weighted by Crippen LogP contribution is -2.49. The van der Waals surface area contributed by atoms with E-state index in [2.05, 4.69) is 15.4 Å². The number of aromatic nitrogens is 3. The fourth-order valence-electron chi connectivity index (χ4n) is 3.52. The second kappa shape index (κ2) is 7.76. The number of nitrogens with one attached hydrogen (secondary N) is 1. The molecular weight excluding hydrogens is 362 g/mol. The molecule has 4 heterocycles. The summed E-state index contributed by atoms with van der Waals surface area (Å²) in [6.45, 7) is 2.07. The normalized spacial score (nSPS) is 21.8. The highest BCUT2D eigenvalue weighted by molar-refractivity contribution is 5.93. The lowest BCUT2D eigenvalue weighted by molar-refractivity contribution is -0.0140. The number of hydrogen-bond acceptors (Lipinski definition) is 7. The molecule has 1 saturated heterocycles. The van der Waals surface area contributed by atoms with Crippen molar-refractivity contribution in [2.45, 2.75) is 25.0 Å². The van der Waals surface area contributed by atoms with Gasteiger partial charge in [-0.2, -0.15) is 5.10 Å². The Morgan fingerprint density at radius 1 is 1.39 bits per heavy atom. The maximum absolute atomic E-state index is 12.8. The van der Waals surface area contributed by atoms with E-state index in [0.717, 1.165) is 11.1 Å². The number of carbonyl (C=O) groups excluding carboxylic acids is 1. The third kappa shape index (κ3) is 3.81. The molecule has 0 unspecified atom stereocenters. The molecule has 28 heavy (non-hydrogen) atoms. The number of likely N-dealkylation sites (N-methyl/N-ethyl adjacent to an activating group) is 1. The van der Waals surface area contributed by atoms with Gasteiger partial charge in [0.15, 0.2) is 11.6 Å². The topological polar surface area (TPSA) is 102 Å². The predicted molar refractivity (Wildman–Crippen MR) is 102 cm³/mol. The molecule has 2 aliphatic rings. The number of pyridine rings is 1. The number of ether oxygens (including phenoxy) is 2. The summed E-state index contributed by atoms with van der Waals surface area (Å²) in [4.78, 5) is 19.4. The second-order valence-electron chi connectivity index (χ2n) is 7.30. The number of fused-ring (bicyclic) bond motifs is 1. The summed E-state index contributed by atoms with van der Waals surface area (Å²) < 4.78 is 13.0. The average molecular weight is 387 g/mol. The second-order valence-corrected chi connectivity index (χ2v) is 7.30. The smallest absolute Gasteiger partial charge is 0.270 e. The molecule has 0 saturated carbocycles. The van der Waals surface area contributed by atoms with Crippen molar-refractivity contribution < 1.29 is 19.4 Å². The van der Waals surface area contributed by atoms with E-state index in [1.807, 2.05) is 25.2 Å². The molecule has 0 bridgehead atoms. The Labute approximate surface area is 163 Å². The first-order valence-corrected chi connectivity index (χ1v) is 9.43. The maximum atomic E-state index is 12.8. The largest absolute Gasteiger partial charge is 0.488 e. The van der Waals surface area contributed by atoms with Crippen LogP contribution in [0.1, 0.15) is 28.0 Å². The van der Waals surface area contributed by atoms with Crippen molar-refractivity contribution in [1.82, 2.24) is 20.1 Å². The minimum absolute atomic E-state index is 0.295. The van der Waals surface area contributed by atoms with Crippen molar-refractivity contribution in [1.29, 1.82) is 0 Å². The Morgan fingerprint density at radius 3 is 3.00 bits per heavy atom. The summed E-state index contributed by atoms with van der Waals surface area (Å²) in [5.41, 5.74) is 2.21. The zero-order chi connectivity index (χ0) is 19.7. The average Bonchev–Trinajstić information content (AvgIpc) is 3.09. The van der Waals surface area contributed by atoms with Gasteiger partial charge in [0.25, 0.3) is 5.91 Å². The molecule has 2 aromatic rings. The lowest BCUT2D eigenvalue weighted by Gasteiger charge is -2.30. The van der Waals surface area contributed by atoms with E-state index in [9.17, 15) is 9.90 Å². The van der Waals surface area contributed by atoms with Gasteiger partial charge in [0.2, 0.25) is 0 Å². The van der Waals surface area contributed by atoms with Gasteiger partial charge in [0.1, 0.15) is 12.3 Å². The Kier molecular flexibility index (Phi) is 5.19. The summed E-state index contributed by atoms with van der Waals surface area (Å²) >= 11 is 0. The molecule has 2 aromatic heterocycles. The summed E-state index contributed by atoms with van der Waals surface area (Å²) in [6, 6.07) is 1.32. The van der Waals surface area contributed by atoms with Crippen LogP contribution < -0.4 is 15.0 Å². The molecule has 2 N–H and O–H groups in total. The first-order valence-electron chi connectivity index (χ1n) is 9.43. The first-order chi connectivity index (χ1) is 13.5. The Balaban J connectivity index is 1.64. The van der Waals surface area contributed by atoms with Gasteiger partial charge in [-0.15, -0.1) is 0 Å². The van der Waals surface area contributed by atoms with Crippen LogP contribution in [0, 0.1) is 0 Å². The fourth-order valence-corrected chi connectivity index (χ4v) is 3.52. The minimum Gasteiger partial charge on any atom is -0.488 e. The highest BCUT2D eigenvalue weighted by atomic mass is 16.5. The quantitative estimate of drug-likeness (QED) is 0.768. The fraction of sp³-hybridized carbons (Fsp3) is 0.526. The number of rotatable bonds is 4. The van der Waals surface area contributed by atoms with Gasteiger partial charge in [-0.25, -0.2) is 4.98 Å². The van der Waals surface area contributed by atoms with Crippen LogP contribution in [-0.2, 0) is 18.2 Å². The number of hydrogen-bond donors (Lipinski definition) is 2. The highest BCUT2D eigenvalue weighted by Gasteiger charge is 2.28. The van der Waals surface area contributed by atoms with Gasteiger partial charge < -0.3 is 24.8 Å². The van der Waals surface area contributed by atoms with Gasteiger partial charge in [-0.3, -0.25) is 9.48 Å². The maximum Gasteiger partial charge on any atom is 0.270 e. The van der Waals surface area contributed by atoms with E-state index >= 15 is 0 Å². The van der Waals surface area contributed by atoms with Crippen LogP contribution in [0.2, 0.25) is 0 Å². The number of aryl methyl sites for hydroxylation is 1. The summed E-state index contributed by atoms with van der Waals surface area (Å²) in [7, 11) is 3.80. The van der Waals surface area contributed by atoms with Crippen molar-refractivity contribution in [3.8, 4) is 5.75 Å². The Hall–Kier alpha value is -2.65. The van der Waals surface area contributed by atoms with Crippen LogP contribution in [0.3, 0.4) is 0 Å². The molecule has 0 aromatic carbocycles. The SMILES string of the molecule is CN1CCOc2c(Cc3cnn(C)c3)cc(C(=O)N[C@H]3COCC[C@@H]3O)nc21. The van der Waals surface area contributed by atoms with Gasteiger partial charge in [0.05, 0.1) is 31.5 Å². The third-order valence-electron chi connectivity index (χ3n) is 5.09. The Bertz CT molecular complexity index is 868. The molecule has 9 nitrogen and oxygen atoms in total. The summed E-state index contributed by atoms with van der Waals surface area (Å²) in [5.74, 6) is 1.03. The standard InChI is InChI=1S/C19H25N5O4/c1-23-4-6-28-17-13(7-12-9-20-24(2)10-12)8-14(21-18(17)23)19(26)22-15-11-27-5-3-16(15)25/h8-10,15-16,25H,3-7,11H2,1-2H3,(H,22,26)/t15-,16-/m0/s1. The zero-order valence-corrected chi connectivity index (χ0v) is 16.1. The molecule has 4 rings (SSSR count). The molecule has 2 aliphatic heterocycles. The van der Waals surface area contributed by atoms with Crippen LogP contribution in [0.4, 0.5) is 5.82 Å². The number of anilines is 1. The van der Waals surface area contributed by atoms with E-state index < -0.39 is 12.1 Å². The molecule has 0 aliphatic carbocycles. The number of amides is 1. The molecule has 1 fully saturated rings. The van der Waals surface area contributed by atoms with E-state index in [4.69, 9.17) is 9.47 Å². The van der Waals surface area contributed by atoms with Crippen molar-refractivity contribution in [3.63, 3.8) is 0 Å². The summed E-state index contributed by atoms with van der Waals surface area (Å²) in [5, 5.41) is 17.2. The van der Waals surface area contributed by atoms with Gasteiger partial charge in [0, 0.05) is 38.9 Å².